The smallest absolute Gasteiger partial charge is 0.259 e. The molecule has 0 bridgehead atoms. The van der Waals surface area contributed by atoms with Gasteiger partial charge in [-0.1, -0.05) is 11.6 Å². The fourth-order valence-corrected chi connectivity index (χ4v) is 3.95. The topological polar surface area (TPSA) is 73.3 Å². The third-order valence-electron chi connectivity index (χ3n) is 4.82. The van der Waals surface area contributed by atoms with E-state index in [9.17, 15) is 4.79 Å². The Morgan fingerprint density at radius 1 is 1.00 bits per heavy atom. The van der Waals surface area contributed by atoms with Crippen LogP contribution in [0, 0.1) is 13.8 Å². The van der Waals surface area contributed by atoms with E-state index in [-0.39, 0.29) is 5.91 Å². The van der Waals surface area contributed by atoms with Crippen LogP contribution in [0.2, 0.25) is 0 Å². The molecule has 2 aromatic heterocycles. The molecule has 0 fully saturated rings. The summed E-state index contributed by atoms with van der Waals surface area (Å²) in [4.78, 5) is 22.0. The van der Waals surface area contributed by atoms with Gasteiger partial charge in [-0.3, -0.25) is 15.1 Å². The number of ether oxygens (including phenoxy) is 2. The normalized spacial score (nSPS) is 10.8. The number of pyridine rings is 1. The second kappa shape index (κ2) is 8.12. The minimum Gasteiger partial charge on any atom is -0.497 e. The molecule has 1 N–H and O–H groups in total. The molecule has 0 aliphatic rings. The van der Waals surface area contributed by atoms with Gasteiger partial charge in [-0.05, 0) is 44.2 Å². The molecule has 0 atom stereocenters. The first-order chi connectivity index (χ1) is 14.5. The fourth-order valence-electron chi connectivity index (χ4n) is 3.24. The van der Waals surface area contributed by atoms with Gasteiger partial charge >= 0.3 is 0 Å². The molecule has 0 saturated carbocycles. The minimum atomic E-state index is -0.241. The van der Waals surface area contributed by atoms with Gasteiger partial charge in [-0.2, -0.15) is 0 Å². The highest BCUT2D eigenvalue weighted by molar-refractivity contribution is 7.14. The number of carbonyl (C=O) groups is 1. The van der Waals surface area contributed by atoms with E-state index in [1.54, 1.807) is 14.2 Å². The van der Waals surface area contributed by atoms with Crippen molar-refractivity contribution in [3.63, 3.8) is 0 Å². The van der Waals surface area contributed by atoms with E-state index in [1.807, 2.05) is 61.7 Å². The van der Waals surface area contributed by atoms with Crippen LogP contribution in [-0.2, 0) is 0 Å². The predicted octanol–water partition coefficient (Wildman–Crippen LogP) is 5.24. The summed E-state index contributed by atoms with van der Waals surface area (Å²) >= 11 is 1.37. The summed E-state index contributed by atoms with van der Waals surface area (Å²) in [6.07, 6.45) is 0. The van der Waals surface area contributed by atoms with Crippen molar-refractivity contribution >= 4 is 33.3 Å². The fraction of sp³-hybridized carbons (Fsp3) is 0.174. The number of rotatable bonds is 5. The molecule has 0 aliphatic heterocycles. The molecule has 152 valence electrons. The molecule has 30 heavy (non-hydrogen) atoms. The summed E-state index contributed by atoms with van der Waals surface area (Å²) in [6, 6.07) is 13.4. The highest BCUT2D eigenvalue weighted by Gasteiger charge is 2.16. The molecular formula is C23H21N3O3S. The van der Waals surface area contributed by atoms with Crippen molar-refractivity contribution in [3.8, 4) is 22.8 Å². The number of aromatic nitrogens is 2. The third kappa shape index (κ3) is 3.84. The SMILES string of the molecule is COc1ccc2cc(C(=O)Nc3nc(-c4cc(C)ccc4OC)cs3)c(C)nc2c1. The number of amides is 1. The van der Waals surface area contributed by atoms with Gasteiger partial charge in [0.2, 0.25) is 0 Å². The van der Waals surface area contributed by atoms with Crippen molar-refractivity contribution < 1.29 is 14.3 Å². The van der Waals surface area contributed by atoms with E-state index in [0.717, 1.165) is 39.2 Å². The molecular weight excluding hydrogens is 398 g/mol. The summed E-state index contributed by atoms with van der Waals surface area (Å²) < 4.78 is 10.7. The van der Waals surface area contributed by atoms with Crippen LogP contribution in [0.15, 0.2) is 47.8 Å². The molecule has 0 saturated heterocycles. The van der Waals surface area contributed by atoms with Crippen LogP contribution in [0.1, 0.15) is 21.6 Å². The van der Waals surface area contributed by atoms with Gasteiger partial charge in [-0.15, -0.1) is 11.3 Å². The number of aryl methyl sites for hydroxylation is 2. The highest BCUT2D eigenvalue weighted by Crippen LogP contribution is 2.33. The predicted molar refractivity (Wildman–Crippen MR) is 120 cm³/mol. The van der Waals surface area contributed by atoms with Crippen LogP contribution in [0.25, 0.3) is 22.2 Å². The van der Waals surface area contributed by atoms with E-state index in [2.05, 4.69) is 15.3 Å². The zero-order chi connectivity index (χ0) is 21.3. The Hall–Kier alpha value is -3.45. The van der Waals surface area contributed by atoms with Crippen molar-refractivity contribution in [3.05, 3.63) is 64.7 Å². The minimum absolute atomic E-state index is 0.241. The van der Waals surface area contributed by atoms with Crippen LogP contribution in [0.5, 0.6) is 11.5 Å². The average Bonchev–Trinajstić information content (AvgIpc) is 3.20. The molecule has 4 rings (SSSR count). The number of fused-ring (bicyclic) bond motifs is 1. The number of hydrogen-bond acceptors (Lipinski definition) is 6. The van der Waals surface area contributed by atoms with E-state index in [0.29, 0.717) is 16.4 Å². The number of nitrogens with zero attached hydrogens (tertiary/aromatic N) is 2. The number of hydrogen-bond donors (Lipinski definition) is 1. The average molecular weight is 420 g/mol. The summed E-state index contributed by atoms with van der Waals surface area (Å²) in [5.41, 5.74) is 4.70. The molecule has 6 nitrogen and oxygen atoms in total. The van der Waals surface area contributed by atoms with Crippen LogP contribution in [0.3, 0.4) is 0 Å². The summed E-state index contributed by atoms with van der Waals surface area (Å²) in [5, 5.41) is 6.19. The molecule has 0 aliphatic carbocycles. The van der Waals surface area contributed by atoms with E-state index in [1.165, 1.54) is 11.3 Å². The molecule has 0 radical (unpaired) electrons. The second-order valence-electron chi connectivity index (χ2n) is 6.88. The molecule has 7 heteroatoms. The van der Waals surface area contributed by atoms with E-state index in [4.69, 9.17) is 9.47 Å². The largest absolute Gasteiger partial charge is 0.497 e. The first kappa shape index (κ1) is 19.8. The Bertz CT molecular complexity index is 1250. The van der Waals surface area contributed by atoms with Crippen molar-refractivity contribution in [1.82, 2.24) is 9.97 Å². The number of carbonyl (C=O) groups excluding carboxylic acids is 1. The summed E-state index contributed by atoms with van der Waals surface area (Å²) in [6.45, 7) is 3.84. The van der Waals surface area contributed by atoms with Crippen LogP contribution in [0.4, 0.5) is 5.13 Å². The molecule has 1 amide bonds. The second-order valence-corrected chi connectivity index (χ2v) is 7.73. The quantitative estimate of drug-likeness (QED) is 0.479. The molecule has 2 aromatic carbocycles. The number of methoxy groups -OCH3 is 2. The van der Waals surface area contributed by atoms with Crippen molar-refractivity contribution in [2.75, 3.05) is 19.5 Å². The Morgan fingerprint density at radius 3 is 2.60 bits per heavy atom. The highest BCUT2D eigenvalue weighted by atomic mass is 32.1. The van der Waals surface area contributed by atoms with Gasteiger partial charge in [0.15, 0.2) is 5.13 Å². The number of thiazole rings is 1. The zero-order valence-electron chi connectivity index (χ0n) is 17.1. The lowest BCUT2D eigenvalue weighted by molar-refractivity contribution is 0.102. The summed E-state index contributed by atoms with van der Waals surface area (Å²) in [7, 11) is 3.25. The van der Waals surface area contributed by atoms with Crippen LogP contribution < -0.4 is 14.8 Å². The monoisotopic (exact) mass is 419 g/mol. The van der Waals surface area contributed by atoms with Crippen LogP contribution in [-0.4, -0.2) is 30.1 Å². The molecule has 0 spiro atoms. The maximum Gasteiger partial charge on any atom is 0.259 e. The van der Waals surface area contributed by atoms with E-state index >= 15 is 0 Å². The standard InChI is InChI=1S/C23H21N3O3S/c1-13-5-8-21(29-4)18(9-13)20-12-30-23(25-20)26-22(27)17-10-15-6-7-16(28-3)11-19(15)24-14(17)2/h5-12H,1-4H3,(H,25,26,27). The Balaban J connectivity index is 1.61. The van der Waals surface area contributed by atoms with Gasteiger partial charge in [0.05, 0.1) is 36.7 Å². The molecule has 0 unspecified atom stereocenters. The third-order valence-corrected chi connectivity index (χ3v) is 5.57. The molecule has 2 heterocycles. The van der Waals surface area contributed by atoms with Crippen molar-refractivity contribution in [1.29, 1.82) is 0 Å². The number of anilines is 1. The van der Waals surface area contributed by atoms with Crippen LogP contribution >= 0.6 is 11.3 Å². The number of benzene rings is 2. The van der Waals surface area contributed by atoms with Gasteiger partial charge in [0.25, 0.3) is 5.91 Å². The van der Waals surface area contributed by atoms with Gasteiger partial charge in [0, 0.05) is 22.4 Å². The molecule has 4 aromatic rings. The maximum absolute atomic E-state index is 12.9. The van der Waals surface area contributed by atoms with Crippen molar-refractivity contribution in [2.45, 2.75) is 13.8 Å². The van der Waals surface area contributed by atoms with Gasteiger partial charge < -0.3 is 9.47 Å². The van der Waals surface area contributed by atoms with E-state index < -0.39 is 0 Å². The van der Waals surface area contributed by atoms with Gasteiger partial charge in [0.1, 0.15) is 11.5 Å². The number of nitrogens with one attached hydrogen (secondary N) is 1. The lowest BCUT2D eigenvalue weighted by Crippen LogP contribution is -2.14. The summed E-state index contributed by atoms with van der Waals surface area (Å²) in [5.74, 6) is 1.23. The lowest BCUT2D eigenvalue weighted by Gasteiger charge is -2.08. The Labute approximate surface area is 178 Å². The Kier molecular flexibility index (Phi) is 5.37. The first-order valence-corrected chi connectivity index (χ1v) is 10.2. The van der Waals surface area contributed by atoms with Gasteiger partial charge in [-0.25, -0.2) is 4.98 Å². The zero-order valence-corrected chi connectivity index (χ0v) is 18.0. The first-order valence-electron chi connectivity index (χ1n) is 9.36. The Morgan fingerprint density at radius 2 is 1.83 bits per heavy atom. The van der Waals surface area contributed by atoms with Crippen molar-refractivity contribution in [2.24, 2.45) is 0 Å². The maximum atomic E-state index is 12.9. The lowest BCUT2D eigenvalue weighted by atomic mass is 10.1.